The van der Waals surface area contributed by atoms with Crippen LogP contribution in [0.1, 0.15) is 39.5 Å². The van der Waals surface area contributed by atoms with Gasteiger partial charge in [-0.15, -0.1) is 0 Å². The van der Waals surface area contributed by atoms with E-state index in [2.05, 4.69) is 17.6 Å². The van der Waals surface area contributed by atoms with E-state index >= 15 is 0 Å². The minimum atomic E-state index is -1.24. The van der Waals surface area contributed by atoms with E-state index in [0.717, 1.165) is 32.2 Å². The van der Waals surface area contributed by atoms with Crippen LogP contribution < -0.4 is 10.6 Å². The lowest BCUT2D eigenvalue weighted by molar-refractivity contribution is -0.134. The summed E-state index contributed by atoms with van der Waals surface area (Å²) in [6.07, 6.45) is 3.71. The Labute approximate surface area is 109 Å². The highest BCUT2D eigenvalue weighted by molar-refractivity contribution is 5.83. The van der Waals surface area contributed by atoms with E-state index in [-0.39, 0.29) is 24.5 Å². The first-order valence-corrected chi connectivity index (χ1v) is 6.78. The van der Waals surface area contributed by atoms with Crippen molar-refractivity contribution >= 4 is 5.91 Å². The molecule has 2 atom stereocenters. The third-order valence-corrected chi connectivity index (χ3v) is 3.65. The van der Waals surface area contributed by atoms with Gasteiger partial charge in [0.2, 0.25) is 5.91 Å². The SMILES string of the molecule is CCCC1(C(=O)NCC(C)(O)CO)CCCNC1. The summed E-state index contributed by atoms with van der Waals surface area (Å²) in [6, 6.07) is 0. The molecule has 1 saturated heterocycles. The summed E-state index contributed by atoms with van der Waals surface area (Å²) in [5, 5.41) is 24.7. The summed E-state index contributed by atoms with van der Waals surface area (Å²) in [4.78, 5) is 12.3. The molecule has 1 rings (SSSR count). The van der Waals surface area contributed by atoms with E-state index in [1.807, 2.05) is 0 Å². The van der Waals surface area contributed by atoms with Crippen LogP contribution in [0.2, 0.25) is 0 Å². The number of aliphatic hydroxyl groups excluding tert-OH is 1. The normalized spacial score (nSPS) is 27.6. The van der Waals surface area contributed by atoms with Crippen molar-refractivity contribution in [1.29, 1.82) is 0 Å². The highest BCUT2D eigenvalue weighted by Crippen LogP contribution is 2.31. The van der Waals surface area contributed by atoms with Crippen molar-refractivity contribution < 1.29 is 15.0 Å². The minimum absolute atomic E-state index is 0.00900. The monoisotopic (exact) mass is 258 g/mol. The van der Waals surface area contributed by atoms with Gasteiger partial charge in [0.1, 0.15) is 5.60 Å². The van der Waals surface area contributed by atoms with Gasteiger partial charge in [0.25, 0.3) is 0 Å². The molecule has 0 radical (unpaired) electrons. The maximum absolute atomic E-state index is 12.3. The first kappa shape index (κ1) is 15.4. The molecule has 0 aromatic carbocycles. The average Bonchev–Trinajstić information content (AvgIpc) is 2.37. The second kappa shape index (κ2) is 6.50. The van der Waals surface area contributed by atoms with Gasteiger partial charge in [-0.25, -0.2) is 0 Å². The number of hydrogen-bond acceptors (Lipinski definition) is 4. The lowest BCUT2D eigenvalue weighted by Crippen LogP contribution is -2.53. The summed E-state index contributed by atoms with van der Waals surface area (Å²) in [5.74, 6) is -0.00900. The maximum Gasteiger partial charge on any atom is 0.227 e. The van der Waals surface area contributed by atoms with E-state index in [0.29, 0.717) is 6.54 Å². The van der Waals surface area contributed by atoms with Crippen LogP contribution in [0.15, 0.2) is 0 Å². The molecule has 4 N–H and O–H groups in total. The zero-order valence-electron chi connectivity index (χ0n) is 11.5. The van der Waals surface area contributed by atoms with Crippen LogP contribution in [0.25, 0.3) is 0 Å². The number of hydrogen-bond donors (Lipinski definition) is 4. The second-order valence-corrected chi connectivity index (χ2v) is 5.65. The molecule has 5 nitrogen and oxygen atoms in total. The van der Waals surface area contributed by atoms with Gasteiger partial charge < -0.3 is 20.8 Å². The summed E-state index contributed by atoms with van der Waals surface area (Å²) < 4.78 is 0. The Balaban J connectivity index is 2.60. The molecule has 18 heavy (non-hydrogen) atoms. The number of carbonyl (C=O) groups excluding carboxylic acids is 1. The van der Waals surface area contributed by atoms with E-state index in [4.69, 9.17) is 5.11 Å². The van der Waals surface area contributed by atoms with Gasteiger partial charge in [0, 0.05) is 13.1 Å². The molecule has 1 fully saturated rings. The van der Waals surface area contributed by atoms with Gasteiger partial charge in [0.15, 0.2) is 0 Å². The van der Waals surface area contributed by atoms with Crippen LogP contribution in [-0.4, -0.2) is 48.0 Å². The van der Waals surface area contributed by atoms with Crippen LogP contribution in [0, 0.1) is 5.41 Å². The lowest BCUT2D eigenvalue weighted by atomic mass is 9.76. The number of amides is 1. The lowest BCUT2D eigenvalue weighted by Gasteiger charge is -2.37. The fourth-order valence-electron chi connectivity index (χ4n) is 2.48. The molecule has 1 aliphatic rings. The van der Waals surface area contributed by atoms with E-state index in [1.165, 1.54) is 6.92 Å². The molecule has 0 aliphatic carbocycles. The first-order chi connectivity index (χ1) is 8.46. The van der Waals surface area contributed by atoms with Crippen molar-refractivity contribution in [3.8, 4) is 0 Å². The number of rotatable bonds is 6. The topological polar surface area (TPSA) is 81.6 Å². The molecule has 1 amide bonds. The van der Waals surface area contributed by atoms with Crippen LogP contribution >= 0.6 is 0 Å². The quantitative estimate of drug-likeness (QED) is 0.541. The molecule has 106 valence electrons. The van der Waals surface area contributed by atoms with E-state index in [9.17, 15) is 9.90 Å². The average molecular weight is 258 g/mol. The fraction of sp³-hybridized carbons (Fsp3) is 0.923. The Bertz CT molecular complexity index is 268. The number of aliphatic hydroxyl groups is 2. The molecule has 0 spiro atoms. The highest BCUT2D eigenvalue weighted by atomic mass is 16.3. The largest absolute Gasteiger partial charge is 0.393 e. The van der Waals surface area contributed by atoms with Gasteiger partial charge in [-0.2, -0.15) is 0 Å². The van der Waals surface area contributed by atoms with Crippen LogP contribution in [0.3, 0.4) is 0 Å². The van der Waals surface area contributed by atoms with Crippen molar-refractivity contribution in [2.45, 2.75) is 45.1 Å². The van der Waals surface area contributed by atoms with Crippen LogP contribution in [0.5, 0.6) is 0 Å². The summed E-state index contributed by atoms with van der Waals surface area (Å²) in [7, 11) is 0. The van der Waals surface area contributed by atoms with Gasteiger partial charge in [0.05, 0.1) is 12.0 Å². The molecule has 1 heterocycles. The molecule has 2 unspecified atom stereocenters. The van der Waals surface area contributed by atoms with Gasteiger partial charge in [-0.1, -0.05) is 13.3 Å². The smallest absolute Gasteiger partial charge is 0.227 e. The van der Waals surface area contributed by atoms with Gasteiger partial charge >= 0.3 is 0 Å². The molecule has 0 bridgehead atoms. The van der Waals surface area contributed by atoms with Crippen LogP contribution in [0.4, 0.5) is 0 Å². The molecule has 5 heteroatoms. The first-order valence-electron chi connectivity index (χ1n) is 6.78. The Kier molecular flexibility index (Phi) is 5.56. The molecule has 0 saturated carbocycles. The van der Waals surface area contributed by atoms with Crippen molar-refractivity contribution in [2.75, 3.05) is 26.2 Å². The Morgan fingerprint density at radius 1 is 1.56 bits per heavy atom. The number of nitrogens with one attached hydrogen (secondary N) is 2. The third kappa shape index (κ3) is 3.93. The standard InChI is InChI=1S/C13H26N2O3/c1-3-5-13(6-4-7-14-9-13)11(17)15-8-12(2,18)10-16/h14,16,18H,3-10H2,1-2H3,(H,15,17). The summed E-state index contributed by atoms with van der Waals surface area (Å²) in [5.41, 5.74) is -1.59. The van der Waals surface area contributed by atoms with Crippen molar-refractivity contribution in [3.63, 3.8) is 0 Å². The minimum Gasteiger partial charge on any atom is -0.393 e. The fourth-order valence-corrected chi connectivity index (χ4v) is 2.48. The Morgan fingerprint density at radius 3 is 2.78 bits per heavy atom. The maximum atomic E-state index is 12.3. The van der Waals surface area contributed by atoms with Crippen molar-refractivity contribution in [2.24, 2.45) is 5.41 Å². The van der Waals surface area contributed by atoms with Crippen molar-refractivity contribution in [1.82, 2.24) is 10.6 Å². The summed E-state index contributed by atoms with van der Waals surface area (Å²) >= 11 is 0. The predicted molar refractivity (Wildman–Crippen MR) is 70.2 cm³/mol. The summed E-state index contributed by atoms with van der Waals surface area (Å²) in [6.45, 7) is 4.99. The third-order valence-electron chi connectivity index (χ3n) is 3.65. The molecule has 0 aromatic heterocycles. The second-order valence-electron chi connectivity index (χ2n) is 5.65. The number of carbonyl (C=O) groups is 1. The van der Waals surface area contributed by atoms with E-state index < -0.39 is 5.60 Å². The number of piperidine rings is 1. The molecular formula is C13H26N2O3. The van der Waals surface area contributed by atoms with Gasteiger partial charge in [-0.05, 0) is 32.7 Å². The highest BCUT2D eigenvalue weighted by Gasteiger charge is 2.39. The zero-order valence-corrected chi connectivity index (χ0v) is 11.5. The zero-order chi connectivity index (χ0) is 13.6. The Morgan fingerprint density at radius 2 is 2.28 bits per heavy atom. The predicted octanol–water partition coefficient (Wildman–Crippen LogP) is 0.0158. The van der Waals surface area contributed by atoms with Gasteiger partial charge in [-0.3, -0.25) is 4.79 Å². The van der Waals surface area contributed by atoms with Crippen LogP contribution in [-0.2, 0) is 4.79 Å². The Hall–Kier alpha value is -0.650. The molecule has 1 aliphatic heterocycles. The molecule has 0 aromatic rings. The van der Waals surface area contributed by atoms with E-state index in [1.54, 1.807) is 0 Å². The van der Waals surface area contributed by atoms with Crippen molar-refractivity contribution in [3.05, 3.63) is 0 Å². The molecular weight excluding hydrogens is 232 g/mol.